The number of nitrogens with one attached hydrogen (secondary N) is 1. The van der Waals surface area contributed by atoms with Crippen LogP contribution in [-0.4, -0.2) is 0 Å². The Bertz CT molecular complexity index is 282. The van der Waals surface area contributed by atoms with Crippen LogP contribution in [0.3, 0.4) is 0 Å². The van der Waals surface area contributed by atoms with Crippen LogP contribution in [0.5, 0.6) is 0 Å². The molecule has 0 saturated carbocycles. The maximum Gasteiger partial charge on any atom is 0.169 e. The van der Waals surface area contributed by atoms with Gasteiger partial charge in [-0.2, -0.15) is 0 Å². The van der Waals surface area contributed by atoms with Crippen LogP contribution < -0.4 is 11.3 Å². The van der Waals surface area contributed by atoms with Crippen LogP contribution in [-0.2, 0) is 0 Å². The van der Waals surface area contributed by atoms with Crippen molar-refractivity contribution in [2.24, 2.45) is 5.84 Å². The first kappa shape index (κ1) is 9.51. The zero-order chi connectivity index (χ0) is 9.14. The summed E-state index contributed by atoms with van der Waals surface area (Å²) in [5.41, 5.74) is 3.53. The first-order valence-corrected chi connectivity index (χ1v) is 4.31. The molecule has 0 bridgehead atoms. The minimum Gasteiger partial charge on any atom is -0.452 e. The van der Waals surface area contributed by atoms with E-state index in [2.05, 4.69) is 27.9 Å². The summed E-state index contributed by atoms with van der Waals surface area (Å²) >= 11 is 3.21. The van der Waals surface area contributed by atoms with E-state index in [0.29, 0.717) is 4.67 Å². The maximum absolute atomic E-state index is 5.33. The molecule has 1 unspecified atom stereocenters. The summed E-state index contributed by atoms with van der Waals surface area (Å²) in [6.45, 7) is 5.68. The van der Waals surface area contributed by atoms with Gasteiger partial charge in [-0.3, -0.25) is 5.84 Å². The van der Waals surface area contributed by atoms with Crippen LogP contribution in [0, 0.1) is 0 Å². The highest BCUT2D eigenvalue weighted by molar-refractivity contribution is 9.10. The third-order valence-corrected chi connectivity index (χ3v) is 1.96. The summed E-state index contributed by atoms with van der Waals surface area (Å²) in [6.07, 6.45) is 0. The lowest BCUT2D eigenvalue weighted by molar-refractivity contribution is 0.434. The minimum absolute atomic E-state index is 0.115. The highest BCUT2D eigenvalue weighted by Gasteiger charge is 2.13. The highest BCUT2D eigenvalue weighted by atomic mass is 79.9. The Labute approximate surface area is 79.7 Å². The van der Waals surface area contributed by atoms with Crippen molar-refractivity contribution in [1.82, 2.24) is 5.43 Å². The van der Waals surface area contributed by atoms with E-state index in [1.807, 2.05) is 19.1 Å². The number of halogens is 1. The van der Waals surface area contributed by atoms with Crippen molar-refractivity contribution in [2.75, 3.05) is 0 Å². The van der Waals surface area contributed by atoms with E-state index in [0.717, 1.165) is 11.3 Å². The van der Waals surface area contributed by atoms with Gasteiger partial charge < -0.3 is 4.42 Å². The normalized spacial score (nSPS) is 12.9. The molecule has 0 radical (unpaired) electrons. The fourth-order valence-corrected chi connectivity index (χ4v) is 1.27. The second-order valence-corrected chi connectivity index (χ2v) is 3.37. The largest absolute Gasteiger partial charge is 0.452 e. The van der Waals surface area contributed by atoms with Gasteiger partial charge in [0.1, 0.15) is 5.76 Å². The van der Waals surface area contributed by atoms with Gasteiger partial charge in [0.2, 0.25) is 0 Å². The summed E-state index contributed by atoms with van der Waals surface area (Å²) in [4.78, 5) is 0. The predicted molar refractivity (Wildman–Crippen MR) is 51.3 cm³/mol. The van der Waals surface area contributed by atoms with Gasteiger partial charge in [-0.15, -0.1) is 0 Å². The number of rotatable bonds is 3. The van der Waals surface area contributed by atoms with E-state index in [1.165, 1.54) is 0 Å². The third kappa shape index (κ3) is 1.97. The molecule has 0 spiro atoms. The topological polar surface area (TPSA) is 51.2 Å². The van der Waals surface area contributed by atoms with Crippen molar-refractivity contribution < 1.29 is 4.42 Å². The predicted octanol–water partition coefficient (Wildman–Crippen LogP) is 2.12. The quantitative estimate of drug-likeness (QED) is 0.476. The summed E-state index contributed by atoms with van der Waals surface area (Å²) in [7, 11) is 0. The Morgan fingerprint density at radius 3 is 2.75 bits per heavy atom. The average Bonchev–Trinajstić information content (AvgIpc) is 2.37. The molecule has 0 aromatic carbocycles. The number of hydrogen-bond acceptors (Lipinski definition) is 3. The molecule has 12 heavy (non-hydrogen) atoms. The lowest BCUT2D eigenvalue weighted by atomic mass is 10.1. The maximum atomic E-state index is 5.33. The standard InChI is InChI=1S/C8H11BrN2O/c1-5(2)8(11-10)6-3-4-7(9)12-6/h3-4,8,11H,1,10H2,2H3. The highest BCUT2D eigenvalue weighted by Crippen LogP contribution is 2.23. The van der Waals surface area contributed by atoms with Crippen LogP contribution >= 0.6 is 15.9 Å². The van der Waals surface area contributed by atoms with E-state index >= 15 is 0 Å². The molecule has 1 heterocycles. The van der Waals surface area contributed by atoms with Gasteiger partial charge in [0.05, 0.1) is 6.04 Å². The molecule has 3 nitrogen and oxygen atoms in total. The van der Waals surface area contributed by atoms with E-state index in [-0.39, 0.29) is 6.04 Å². The SMILES string of the molecule is C=C(C)C(NN)c1ccc(Br)o1. The van der Waals surface area contributed by atoms with Crippen molar-refractivity contribution >= 4 is 15.9 Å². The third-order valence-electron chi connectivity index (χ3n) is 1.54. The molecule has 1 rings (SSSR count). The molecule has 66 valence electrons. The summed E-state index contributed by atoms with van der Waals surface area (Å²) in [5.74, 6) is 6.09. The fraction of sp³-hybridized carbons (Fsp3) is 0.250. The monoisotopic (exact) mass is 230 g/mol. The van der Waals surface area contributed by atoms with Gasteiger partial charge in [0.25, 0.3) is 0 Å². The van der Waals surface area contributed by atoms with Crippen LogP contribution in [0.15, 0.2) is 33.4 Å². The van der Waals surface area contributed by atoms with Gasteiger partial charge >= 0.3 is 0 Å². The molecule has 3 N–H and O–H groups in total. The summed E-state index contributed by atoms with van der Waals surface area (Å²) < 4.78 is 6.00. The van der Waals surface area contributed by atoms with Crippen molar-refractivity contribution in [1.29, 1.82) is 0 Å². The number of hydrazine groups is 1. The Kier molecular flexibility index (Phi) is 3.08. The first-order chi connectivity index (χ1) is 5.65. The lowest BCUT2D eigenvalue weighted by Gasteiger charge is -2.11. The van der Waals surface area contributed by atoms with Gasteiger partial charge in [0.15, 0.2) is 4.67 Å². The molecule has 4 heteroatoms. The molecule has 1 atom stereocenters. The smallest absolute Gasteiger partial charge is 0.169 e. The Balaban J connectivity index is 2.87. The molecule has 0 aliphatic heterocycles. The van der Waals surface area contributed by atoms with E-state index in [4.69, 9.17) is 10.3 Å². The van der Waals surface area contributed by atoms with E-state index in [1.54, 1.807) is 0 Å². The molecule has 0 amide bonds. The Morgan fingerprint density at radius 2 is 2.42 bits per heavy atom. The molecular formula is C8H11BrN2O. The number of nitrogens with two attached hydrogens (primary N) is 1. The molecule has 1 aromatic rings. The second kappa shape index (κ2) is 3.89. The zero-order valence-corrected chi connectivity index (χ0v) is 8.39. The van der Waals surface area contributed by atoms with Crippen molar-refractivity contribution in [2.45, 2.75) is 13.0 Å². The van der Waals surface area contributed by atoms with Gasteiger partial charge in [-0.25, -0.2) is 5.43 Å². The molecule has 0 aliphatic carbocycles. The number of hydrogen-bond donors (Lipinski definition) is 2. The second-order valence-electron chi connectivity index (χ2n) is 2.59. The molecule has 0 fully saturated rings. The fourth-order valence-electron chi connectivity index (χ4n) is 0.951. The van der Waals surface area contributed by atoms with E-state index in [9.17, 15) is 0 Å². The van der Waals surface area contributed by atoms with Crippen LogP contribution in [0.25, 0.3) is 0 Å². The van der Waals surface area contributed by atoms with Crippen molar-refractivity contribution in [3.8, 4) is 0 Å². The van der Waals surface area contributed by atoms with Crippen molar-refractivity contribution in [3.63, 3.8) is 0 Å². The van der Waals surface area contributed by atoms with Gasteiger partial charge in [-0.1, -0.05) is 12.2 Å². The van der Waals surface area contributed by atoms with Gasteiger partial charge in [0, 0.05) is 0 Å². The van der Waals surface area contributed by atoms with Crippen LogP contribution in [0.4, 0.5) is 0 Å². The van der Waals surface area contributed by atoms with Crippen LogP contribution in [0.1, 0.15) is 18.7 Å². The molecule has 1 aromatic heterocycles. The van der Waals surface area contributed by atoms with Crippen LogP contribution in [0.2, 0.25) is 0 Å². The Hall–Kier alpha value is -0.580. The average molecular weight is 231 g/mol. The minimum atomic E-state index is -0.115. The molecular weight excluding hydrogens is 220 g/mol. The summed E-state index contributed by atoms with van der Waals surface area (Å²) in [5, 5.41) is 0. The van der Waals surface area contributed by atoms with Crippen molar-refractivity contribution in [3.05, 3.63) is 34.7 Å². The Morgan fingerprint density at radius 1 is 1.75 bits per heavy atom. The summed E-state index contributed by atoms with van der Waals surface area (Å²) in [6, 6.07) is 3.56. The number of furan rings is 1. The lowest BCUT2D eigenvalue weighted by Crippen LogP contribution is -2.28. The van der Waals surface area contributed by atoms with Gasteiger partial charge in [-0.05, 0) is 35.0 Å². The first-order valence-electron chi connectivity index (χ1n) is 3.52. The zero-order valence-electron chi connectivity index (χ0n) is 6.80. The molecule has 0 saturated heterocycles. The molecule has 0 aliphatic rings. The van der Waals surface area contributed by atoms with E-state index < -0.39 is 0 Å².